The van der Waals surface area contributed by atoms with Crippen LogP contribution in [0.5, 0.6) is 0 Å². The van der Waals surface area contributed by atoms with Crippen LogP contribution in [0.1, 0.15) is 23.2 Å². The maximum Gasteiger partial charge on any atom is 0.183 e. The van der Waals surface area contributed by atoms with Crippen LogP contribution < -0.4 is 0 Å². The molecule has 0 saturated heterocycles. The topological polar surface area (TPSA) is 20.3 Å². The summed E-state index contributed by atoms with van der Waals surface area (Å²) in [7, 11) is 3.71. The number of benzene rings is 1. The molecule has 2 nitrogen and oxygen atoms in total. The zero-order valence-corrected chi connectivity index (χ0v) is 11.5. The van der Waals surface area contributed by atoms with Gasteiger partial charge < -0.3 is 0 Å². The van der Waals surface area contributed by atoms with Gasteiger partial charge in [0.2, 0.25) is 0 Å². The average Bonchev–Trinajstić information content (AvgIpc) is 2.38. The van der Waals surface area contributed by atoms with Crippen molar-refractivity contribution in [2.75, 3.05) is 14.1 Å². The van der Waals surface area contributed by atoms with Crippen LogP contribution in [0.25, 0.3) is 0 Å². The first-order valence-corrected chi connectivity index (χ1v) is 6.17. The van der Waals surface area contributed by atoms with Crippen LogP contribution in [0.15, 0.2) is 49.6 Å². The molecule has 0 amide bonds. The summed E-state index contributed by atoms with van der Waals surface area (Å²) in [5.41, 5.74) is -0.208. The average molecular weight is 261 g/mol. The van der Waals surface area contributed by atoms with Crippen molar-refractivity contribution in [3.63, 3.8) is 0 Å². The van der Waals surface area contributed by atoms with Crippen LogP contribution in [0.2, 0.25) is 0 Å². The number of likely N-dealkylation sites (N-methyl/N-ethyl adjacent to an activating group) is 1. The molecule has 19 heavy (non-hydrogen) atoms. The number of halogens is 1. The zero-order valence-electron chi connectivity index (χ0n) is 11.5. The predicted molar refractivity (Wildman–Crippen MR) is 76.8 cm³/mol. The highest BCUT2D eigenvalue weighted by atomic mass is 19.1. The number of ketones is 1. The molecule has 0 heterocycles. The van der Waals surface area contributed by atoms with E-state index >= 15 is 0 Å². The van der Waals surface area contributed by atoms with Crippen molar-refractivity contribution in [3.8, 4) is 0 Å². The van der Waals surface area contributed by atoms with Gasteiger partial charge in [0.05, 0.1) is 5.54 Å². The normalized spacial score (nSPS) is 11.4. The van der Waals surface area contributed by atoms with E-state index in [1.807, 2.05) is 19.0 Å². The number of carbonyl (C=O) groups excluding carboxylic acids is 1. The molecule has 0 aromatic heterocycles. The largest absolute Gasteiger partial charge is 0.296 e. The summed E-state index contributed by atoms with van der Waals surface area (Å²) in [5, 5.41) is 0. The van der Waals surface area contributed by atoms with Crippen LogP contribution in [0.4, 0.5) is 4.39 Å². The van der Waals surface area contributed by atoms with Crippen LogP contribution in [-0.2, 0) is 0 Å². The summed E-state index contributed by atoms with van der Waals surface area (Å²) in [6.45, 7) is 7.45. The Morgan fingerprint density at radius 2 is 1.68 bits per heavy atom. The van der Waals surface area contributed by atoms with E-state index in [2.05, 4.69) is 13.2 Å². The summed E-state index contributed by atoms with van der Waals surface area (Å²) >= 11 is 0. The SMILES string of the molecule is C=CCC(CC=C)(C(=O)c1ccc(F)cc1)N(C)C. The summed E-state index contributed by atoms with van der Waals surface area (Å²) in [4.78, 5) is 14.6. The maximum atomic E-state index is 12.9. The monoisotopic (exact) mass is 261 g/mol. The minimum absolute atomic E-state index is 0.0442. The fourth-order valence-corrected chi connectivity index (χ4v) is 2.18. The fraction of sp³-hybridized carbons (Fsp3) is 0.312. The van der Waals surface area contributed by atoms with Crippen LogP contribution >= 0.6 is 0 Å². The van der Waals surface area contributed by atoms with Gasteiger partial charge in [0.25, 0.3) is 0 Å². The van der Waals surface area contributed by atoms with Gasteiger partial charge in [-0.25, -0.2) is 4.39 Å². The zero-order chi connectivity index (χ0) is 14.5. The molecule has 0 aliphatic rings. The Hall–Kier alpha value is -1.74. The molecule has 0 unspecified atom stereocenters. The van der Waals surface area contributed by atoms with Gasteiger partial charge in [0, 0.05) is 5.56 Å². The Morgan fingerprint density at radius 1 is 1.21 bits per heavy atom. The van der Waals surface area contributed by atoms with E-state index in [0.29, 0.717) is 18.4 Å². The molecule has 0 N–H and O–H groups in total. The van der Waals surface area contributed by atoms with Gasteiger partial charge in [-0.05, 0) is 51.2 Å². The molecule has 1 aromatic rings. The lowest BCUT2D eigenvalue weighted by Gasteiger charge is -2.37. The minimum Gasteiger partial charge on any atom is -0.296 e. The van der Waals surface area contributed by atoms with E-state index in [1.165, 1.54) is 24.3 Å². The first-order chi connectivity index (χ1) is 8.97. The minimum atomic E-state index is -0.707. The molecule has 0 spiro atoms. The Balaban J connectivity index is 3.22. The van der Waals surface area contributed by atoms with E-state index in [1.54, 1.807) is 12.2 Å². The van der Waals surface area contributed by atoms with Gasteiger partial charge in [0.1, 0.15) is 5.82 Å². The van der Waals surface area contributed by atoms with Crippen LogP contribution in [0, 0.1) is 5.82 Å². The summed E-state index contributed by atoms with van der Waals surface area (Å²) in [5.74, 6) is -0.392. The molecule has 0 bridgehead atoms. The number of carbonyl (C=O) groups is 1. The van der Waals surface area contributed by atoms with Gasteiger partial charge in [-0.3, -0.25) is 9.69 Å². The van der Waals surface area contributed by atoms with Crippen molar-refractivity contribution in [2.45, 2.75) is 18.4 Å². The maximum absolute atomic E-state index is 12.9. The highest BCUT2D eigenvalue weighted by molar-refractivity contribution is 6.03. The van der Waals surface area contributed by atoms with Crippen molar-refractivity contribution in [3.05, 3.63) is 61.0 Å². The van der Waals surface area contributed by atoms with E-state index in [4.69, 9.17) is 0 Å². The molecule has 0 fully saturated rings. The molecule has 102 valence electrons. The second-order valence-electron chi connectivity index (χ2n) is 4.75. The molecule has 0 aliphatic heterocycles. The van der Waals surface area contributed by atoms with Crippen molar-refractivity contribution in [2.24, 2.45) is 0 Å². The molecule has 1 rings (SSSR count). The summed E-state index contributed by atoms with van der Waals surface area (Å²) in [6.07, 6.45) is 4.49. The third-order valence-electron chi connectivity index (χ3n) is 3.35. The van der Waals surface area contributed by atoms with E-state index in [-0.39, 0.29) is 11.6 Å². The van der Waals surface area contributed by atoms with Gasteiger partial charge in [-0.2, -0.15) is 0 Å². The second-order valence-corrected chi connectivity index (χ2v) is 4.75. The Bertz CT molecular complexity index is 452. The smallest absolute Gasteiger partial charge is 0.183 e. The Labute approximate surface area is 114 Å². The molecular weight excluding hydrogens is 241 g/mol. The molecule has 0 saturated carbocycles. The van der Waals surface area contributed by atoms with Crippen LogP contribution in [-0.4, -0.2) is 30.3 Å². The molecule has 3 heteroatoms. The summed E-state index contributed by atoms with van der Waals surface area (Å²) in [6, 6.07) is 5.63. The first kappa shape index (κ1) is 15.3. The Kier molecular flexibility index (Phi) is 5.19. The molecule has 1 aromatic carbocycles. The Morgan fingerprint density at radius 3 is 2.05 bits per heavy atom. The molecule has 0 atom stereocenters. The first-order valence-electron chi connectivity index (χ1n) is 6.17. The lowest BCUT2D eigenvalue weighted by atomic mass is 9.82. The number of hydrogen-bond acceptors (Lipinski definition) is 2. The van der Waals surface area contributed by atoms with Gasteiger partial charge >= 0.3 is 0 Å². The highest BCUT2D eigenvalue weighted by Gasteiger charge is 2.38. The van der Waals surface area contributed by atoms with Gasteiger partial charge in [-0.15, -0.1) is 13.2 Å². The lowest BCUT2D eigenvalue weighted by Crippen LogP contribution is -2.50. The standard InChI is InChI=1S/C16H20FNO/c1-5-11-16(12-6-2,18(3)4)15(19)13-7-9-14(17)10-8-13/h5-10H,1-2,11-12H2,3-4H3. The van der Waals surface area contributed by atoms with Crippen molar-refractivity contribution in [1.29, 1.82) is 0 Å². The van der Waals surface area contributed by atoms with E-state index in [9.17, 15) is 9.18 Å². The molecule has 0 aliphatic carbocycles. The van der Waals surface area contributed by atoms with Crippen molar-refractivity contribution < 1.29 is 9.18 Å². The fourth-order valence-electron chi connectivity index (χ4n) is 2.18. The van der Waals surface area contributed by atoms with Gasteiger partial charge in [0.15, 0.2) is 5.78 Å². The van der Waals surface area contributed by atoms with E-state index < -0.39 is 5.54 Å². The van der Waals surface area contributed by atoms with Crippen molar-refractivity contribution in [1.82, 2.24) is 4.90 Å². The number of Topliss-reactive ketones (excluding diaryl/α,β-unsaturated/α-hetero) is 1. The lowest BCUT2D eigenvalue weighted by molar-refractivity contribution is 0.0690. The predicted octanol–water partition coefficient (Wildman–Crippen LogP) is 3.46. The third kappa shape index (κ3) is 3.18. The number of rotatable bonds is 7. The highest BCUT2D eigenvalue weighted by Crippen LogP contribution is 2.28. The third-order valence-corrected chi connectivity index (χ3v) is 3.35. The molecule has 0 radical (unpaired) electrons. The van der Waals surface area contributed by atoms with Crippen LogP contribution in [0.3, 0.4) is 0 Å². The van der Waals surface area contributed by atoms with Gasteiger partial charge in [-0.1, -0.05) is 12.2 Å². The molecular formula is C16H20FNO. The number of nitrogens with zero attached hydrogens (tertiary/aromatic N) is 1. The quantitative estimate of drug-likeness (QED) is 0.553. The number of hydrogen-bond donors (Lipinski definition) is 0. The van der Waals surface area contributed by atoms with E-state index in [0.717, 1.165) is 0 Å². The van der Waals surface area contributed by atoms with Crippen molar-refractivity contribution >= 4 is 5.78 Å². The second kappa shape index (κ2) is 6.43. The summed E-state index contributed by atoms with van der Waals surface area (Å²) < 4.78 is 12.9.